The number of aromatic nitrogens is 1. The van der Waals surface area contributed by atoms with Gasteiger partial charge in [0.05, 0.1) is 19.3 Å². The Labute approximate surface area is 113 Å². The van der Waals surface area contributed by atoms with E-state index in [1.54, 1.807) is 0 Å². The molecule has 19 heavy (non-hydrogen) atoms. The van der Waals surface area contributed by atoms with Crippen LogP contribution in [-0.2, 0) is 17.9 Å². The fourth-order valence-corrected chi connectivity index (χ4v) is 2.40. The predicted molar refractivity (Wildman–Crippen MR) is 74.7 cm³/mol. The zero-order valence-corrected chi connectivity index (χ0v) is 11.1. The molecule has 3 rings (SSSR count). The Balaban J connectivity index is 1.69. The van der Waals surface area contributed by atoms with Crippen molar-refractivity contribution in [3.63, 3.8) is 0 Å². The van der Waals surface area contributed by atoms with E-state index >= 15 is 0 Å². The maximum Gasteiger partial charge on any atom is 0.0721 e. The minimum absolute atomic E-state index is 0.270. The summed E-state index contributed by atoms with van der Waals surface area (Å²) in [6.07, 6.45) is 1.93. The highest BCUT2D eigenvalue weighted by Gasteiger charge is 2.19. The molecular weight excluding hydrogens is 236 g/mol. The fourth-order valence-electron chi connectivity index (χ4n) is 2.40. The van der Waals surface area contributed by atoms with E-state index in [2.05, 4.69) is 40.6 Å². The van der Waals surface area contributed by atoms with Crippen molar-refractivity contribution in [2.24, 2.45) is 0 Å². The highest BCUT2D eigenvalue weighted by atomic mass is 16.5. The van der Waals surface area contributed by atoms with E-state index in [9.17, 15) is 0 Å². The Kier molecular flexibility index (Phi) is 3.58. The molecule has 1 unspecified atom stereocenters. The third-order valence-corrected chi connectivity index (χ3v) is 3.50. The minimum atomic E-state index is 0.270. The maximum atomic E-state index is 5.64. The van der Waals surface area contributed by atoms with Gasteiger partial charge >= 0.3 is 0 Å². The molecule has 1 aliphatic heterocycles. The van der Waals surface area contributed by atoms with E-state index in [0.29, 0.717) is 0 Å². The first-order valence-corrected chi connectivity index (χ1v) is 6.63. The summed E-state index contributed by atoms with van der Waals surface area (Å²) in [5.74, 6) is 0. The van der Waals surface area contributed by atoms with Crippen molar-refractivity contribution in [1.29, 1.82) is 0 Å². The summed E-state index contributed by atoms with van der Waals surface area (Å²) in [6.45, 7) is 4.27. The Morgan fingerprint density at radius 2 is 2.16 bits per heavy atom. The largest absolute Gasteiger partial charge is 0.375 e. The quantitative estimate of drug-likeness (QED) is 0.914. The molecule has 1 aromatic carbocycles. The second-order valence-corrected chi connectivity index (χ2v) is 4.96. The van der Waals surface area contributed by atoms with E-state index < -0.39 is 0 Å². The minimum Gasteiger partial charge on any atom is -0.375 e. The Morgan fingerprint density at radius 1 is 1.26 bits per heavy atom. The van der Waals surface area contributed by atoms with Gasteiger partial charge in [0.25, 0.3) is 0 Å². The molecule has 1 N–H and O–H groups in total. The van der Waals surface area contributed by atoms with E-state index in [1.807, 2.05) is 19.2 Å². The molecule has 0 amide bonds. The van der Waals surface area contributed by atoms with Crippen LogP contribution < -0.4 is 5.32 Å². The molecule has 2 heterocycles. The number of nitrogens with one attached hydrogen (secondary N) is 1. The normalized spacial score (nSPS) is 18.1. The van der Waals surface area contributed by atoms with Crippen molar-refractivity contribution >= 4 is 0 Å². The maximum absolute atomic E-state index is 5.64. The number of benzene rings is 1. The summed E-state index contributed by atoms with van der Waals surface area (Å²) in [6, 6.07) is 12.9. The summed E-state index contributed by atoms with van der Waals surface area (Å²) < 4.78 is 5.64. The Morgan fingerprint density at radius 3 is 3.00 bits per heavy atom. The van der Waals surface area contributed by atoms with Gasteiger partial charge in [0.1, 0.15) is 0 Å². The number of aryl methyl sites for hydroxylation is 1. The highest BCUT2D eigenvalue weighted by molar-refractivity contribution is 5.31. The second kappa shape index (κ2) is 5.51. The molecule has 0 saturated carbocycles. The molecule has 1 aromatic heterocycles. The Hall–Kier alpha value is -1.71. The van der Waals surface area contributed by atoms with Gasteiger partial charge in [-0.1, -0.05) is 30.3 Å². The van der Waals surface area contributed by atoms with Gasteiger partial charge in [-0.2, -0.15) is 0 Å². The van der Waals surface area contributed by atoms with Crippen molar-refractivity contribution in [1.82, 2.24) is 10.3 Å². The van der Waals surface area contributed by atoms with Gasteiger partial charge in [0.2, 0.25) is 0 Å². The lowest BCUT2D eigenvalue weighted by Crippen LogP contribution is -2.29. The zero-order chi connectivity index (χ0) is 13.1. The summed E-state index contributed by atoms with van der Waals surface area (Å²) in [7, 11) is 0. The molecule has 3 nitrogen and oxygen atoms in total. The molecule has 1 aliphatic rings. The van der Waals surface area contributed by atoms with Crippen molar-refractivity contribution < 1.29 is 4.74 Å². The standard InChI is InChI=1S/C16H18N2O/c1-12-6-7-13(8-17-12)9-18-16-11-19-10-14-4-2-3-5-15(14)16/h2-8,16,18H,9-11H2,1H3. The topological polar surface area (TPSA) is 34.1 Å². The van der Waals surface area contributed by atoms with Crippen molar-refractivity contribution in [3.8, 4) is 0 Å². The van der Waals surface area contributed by atoms with Gasteiger partial charge in [-0.05, 0) is 29.7 Å². The van der Waals surface area contributed by atoms with Crippen molar-refractivity contribution in [2.75, 3.05) is 6.61 Å². The summed E-state index contributed by atoms with van der Waals surface area (Å²) in [4.78, 5) is 4.32. The average molecular weight is 254 g/mol. The van der Waals surface area contributed by atoms with Crippen LogP contribution in [0.15, 0.2) is 42.6 Å². The first-order valence-electron chi connectivity index (χ1n) is 6.63. The van der Waals surface area contributed by atoms with E-state index in [-0.39, 0.29) is 6.04 Å². The summed E-state index contributed by atoms with van der Waals surface area (Å²) >= 11 is 0. The lowest BCUT2D eigenvalue weighted by atomic mass is 9.99. The lowest BCUT2D eigenvalue weighted by Gasteiger charge is -2.26. The van der Waals surface area contributed by atoms with Crippen LogP contribution in [0.2, 0.25) is 0 Å². The van der Waals surface area contributed by atoms with Crippen LogP contribution in [0.3, 0.4) is 0 Å². The van der Waals surface area contributed by atoms with Crippen LogP contribution in [-0.4, -0.2) is 11.6 Å². The number of rotatable bonds is 3. The monoisotopic (exact) mass is 254 g/mol. The number of hydrogen-bond donors (Lipinski definition) is 1. The molecule has 0 bridgehead atoms. The molecule has 3 heteroatoms. The zero-order valence-electron chi connectivity index (χ0n) is 11.1. The number of nitrogens with zero attached hydrogens (tertiary/aromatic N) is 1. The third-order valence-electron chi connectivity index (χ3n) is 3.50. The Bertz CT molecular complexity index is 551. The van der Waals surface area contributed by atoms with Gasteiger partial charge in [0.15, 0.2) is 0 Å². The van der Waals surface area contributed by atoms with Gasteiger partial charge in [-0.3, -0.25) is 4.98 Å². The van der Waals surface area contributed by atoms with Crippen molar-refractivity contribution in [3.05, 3.63) is 65.0 Å². The van der Waals surface area contributed by atoms with Crippen LogP contribution in [0, 0.1) is 6.92 Å². The number of pyridine rings is 1. The average Bonchev–Trinajstić information content (AvgIpc) is 2.47. The number of fused-ring (bicyclic) bond motifs is 1. The smallest absolute Gasteiger partial charge is 0.0721 e. The first-order chi connectivity index (χ1) is 9.33. The summed E-state index contributed by atoms with van der Waals surface area (Å²) in [5.41, 5.74) is 4.89. The molecule has 0 fully saturated rings. The lowest BCUT2D eigenvalue weighted by molar-refractivity contribution is 0.0817. The molecule has 1 atom stereocenters. The van der Waals surface area contributed by atoms with Crippen LogP contribution >= 0.6 is 0 Å². The molecule has 0 radical (unpaired) electrons. The summed E-state index contributed by atoms with van der Waals surface area (Å²) in [5, 5.41) is 3.55. The number of ether oxygens (including phenoxy) is 1. The SMILES string of the molecule is Cc1ccc(CNC2COCc3ccccc32)cn1. The molecule has 0 spiro atoms. The molecular formula is C16H18N2O. The van der Waals surface area contributed by atoms with Crippen LogP contribution in [0.4, 0.5) is 0 Å². The second-order valence-electron chi connectivity index (χ2n) is 4.96. The molecule has 98 valence electrons. The van der Waals surface area contributed by atoms with E-state index in [1.165, 1.54) is 16.7 Å². The van der Waals surface area contributed by atoms with E-state index in [0.717, 1.165) is 25.5 Å². The predicted octanol–water partition coefficient (Wildman–Crippen LogP) is 2.75. The molecule has 0 saturated heterocycles. The molecule has 2 aromatic rings. The van der Waals surface area contributed by atoms with Gasteiger partial charge in [-0.15, -0.1) is 0 Å². The van der Waals surface area contributed by atoms with Gasteiger partial charge in [0, 0.05) is 18.4 Å². The third kappa shape index (κ3) is 2.83. The first kappa shape index (κ1) is 12.3. The van der Waals surface area contributed by atoms with Crippen molar-refractivity contribution in [2.45, 2.75) is 26.1 Å². The van der Waals surface area contributed by atoms with Gasteiger partial charge < -0.3 is 10.1 Å². The fraction of sp³-hybridized carbons (Fsp3) is 0.312. The number of hydrogen-bond acceptors (Lipinski definition) is 3. The molecule has 0 aliphatic carbocycles. The highest BCUT2D eigenvalue weighted by Crippen LogP contribution is 2.24. The van der Waals surface area contributed by atoms with Crippen LogP contribution in [0.25, 0.3) is 0 Å². The van der Waals surface area contributed by atoms with Crippen LogP contribution in [0.5, 0.6) is 0 Å². The van der Waals surface area contributed by atoms with E-state index in [4.69, 9.17) is 4.74 Å². The van der Waals surface area contributed by atoms with Crippen LogP contribution in [0.1, 0.15) is 28.4 Å². The van der Waals surface area contributed by atoms with Gasteiger partial charge in [-0.25, -0.2) is 0 Å².